The molecule has 2 aromatic carbocycles. The van der Waals surface area contributed by atoms with Crippen molar-refractivity contribution >= 4 is 38.1 Å². The fraction of sp³-hybridized carbons (Fsp3) is 0.211. The number of benzene rings is 2. The molecule has 9 heteroatoms. The first-order valence-electron chi connectivity index (χ1n) is 8.76. The molecule has 3 rings (SSSR count). The van der Waals surface area contributed by atoms with Crippen LogP contribution in [0.4, 0.5) is 10.8 Å². The van der Waals surface area contributed by atoms with Crippen molar-refractivity contribution in [3.63, 3.8) is 0 Å². The normalized spacial score (nSPS) is 11.2. The summed E-state index contributed by atoms with van der Waals surface area (Å²) in [5.74, 6) is -0.237. The van der Waals surface area contributed by atoms with Crippen LogP contribution in [0.1, 0.15) is 18.9 Å². The minimum absolute atomic E-state index is 0.156. The molecule has 0 radical (unpaired) electrons. The van der Waals surface area contributed by atoms with Crippen LogP contribution >= 0.6 is 11.3 Å². The lowest BCUT2D eigenvalue weighted by atomic mass is 10.1. The fourth-order valence-corrected chi connectivity index (χ4v) is 5.12. The van der Waals surface area contributed by atoms with Gasteiger partial charge in [0.1, 0.15) is 0 Å². The summed E-state index contributed by atoms with van der Waals surface area (Å²) in [5.41, 5.74) is 1.60. The zero-order valence-electron chi connectivity index (χ0n) is 15.3. The molecule has 0 aliphatic heterocycles. The monoisotopic (exact) mass is 416 g/mol. The maximum absolute atomic E-state index is 12.9. The van der Waals surface area contributed by atoms with Crippen LogP contribution in [0.15, 0.2) is 65.0 Å². The lowest BCUT2D eigenvalue weighted by molar-refractivity contribution is -0.116. The van der Waals surface area contributed by atoms with Crippen molar-refractivity contribution in [1.82, 2.24) is 10.2 Å². The molecule has 0 spiro atoms. The van der Waals surface area contributed by atoms with E-state index in [1.807, 2.05) is 36.4 Å². The van der Waals surface area contributed by atoms with Gasteiger partial charge in [-0.2, -0.15) is 8.42 Å². The number of rotatable bonds is 8. The van der Waals surface area contributed by atoms with Gasteiger partial charge in [0.15, 0.2) is 0 Å². The first-order chi connectivity index (χ1) is 13.5. The summed E-state index contributed by atoms with van der Waals surface area (Å²) >= 11 is 0.844. The lowest BCUT2D eigenvalue weighted by Gasteiger charge is -2.20. The number of nitrogens with one attached hydrogen (secondary N) is 1. The van der Waals surface area contributed by atoms with Gasteiger partial charge in [-0.25, -0.2) is 0 Å². The summed E-state index contributed by atoms with van der Waals surface area (Å²) < 4.78 is 26.9. The Kier molecular flexibility index (Phi) is 6.37. The molecule has 28 heavy (non-hydrogen) atoms. The summed E-state index contributed by atoms with van der Waals surface area (Å²) in [6, 6.07) is 18.4. The quantitative estimate of drug-likeness (QED) is 0.569. The second kappa shape index (κ2) is 8.94. The lowest BCUT2D eigenvalue weighted by Crippen LogP contribution is -2.30. The van der Waals surface area contributed by atoms with Crippen LogP contribution in [-0.2, 0) is 21.2 Å². The van der Waals surface area contributed by atoms with Crippen LogP contribution in [0.3, 0.4) is 0 Å². The van der Waals surface area contributed by atoms with Crippen molar-refractivity contribution in [2.75, 3.05) is 16.2 Å². The zero-order chi connectivity index (χ0) is 20.0. The van der Waals surface area contributed by atoms with Gasteiger partial charge in [-0.15, -0.1) is 10.2 Å². The Labute approximate surface area is 168 Å². The molecule has 0 bridgehead atoms. The zero-order valence-corrected chi connectivity index (χ0v) is 16.9. The second-order valence-corrected chi connectivity index (χ2v) is 8.93. The topological polar surface area (TPSA) is 92.3 Å². The predicted molar refractivity (Wildman–Crippen MR) is 110 cm³/mol. The van der Waals surface area contributed by atoms with E-state index < -0.39 is 10.0 Å². The molecule has 1 N–H and O–H groups in total. The molecule has 0 saturated carbocycles. The van der Waals surface area contributed by atoms with Gasteiger partial charge >= 0.3 is 0 Å². The summed E-state index contributed by atoms with van der Waals surface area (Å²) in [6.45, 7) is 2.00. The van der Waals surface area contributed by atoms with Crippen molar-refractivity contribution in [2.45, 2.75) is 24.1 Å². The Morgan fingerprint density at radius 2 is 1.68 bits per heavy atom. The van der Waals surface area contributed by atoms with Crippen molar-refractivity contribution in [3.8, 4) is 0 Å². The van der Waals surface area contributed by atoms with E-state index in [4.69, 9.17) is 0 Å². The summed E-state index contributed by atoms with van der Waals surface area (Å²) in [6.07, 6.45) is 0.866. The van der Waals surface area contributed by atoms with Gasteiger partial charge in [-0.3, -0.25) is 9.10 Å². The average Bonchev–Trinajstić information content (AvgIpc) is 3.18. The third kappa shape index (κ3) is 4.73. The number of amides is 1. The Morgan fingerprint density at radius 3 is 2.32 bits per heavy atom. The number of hydrogen-bond acceptors (Lipinski definition) is 6. The molecule has 0 fully saturated rings. The van der Waals surface area contributed by atoms with E-state index in [0.717, 1.165) is 16.9 Å². The Balaban J connectivity index is 1.68. The van der Waals surface area contributed by atoms with Gasteiger partial charge in [0.25, 0.3) is 14.4 Å². The molecule has 3 aromatic rings. The van der Waals surface area contributed by atoms with E-state index in [1.54, 1.807) is 31.2 Å². The van der Waals surface area contributed by atoms with Crippen molar-refractivity contribution in [3.05, 3.63) is 66.2 Å². The van der Waals surface area contributed by atoms with E-state index in [9.17, 15) is 13.2 Å². The van der Waals surface area contributed by atoms with Crippen LogP contribution in [0.5, 0.6) is 0 Å². The molecule has 7 nitrogen and oxygen atoms in total. The largest absolute Gasteiger partial charge is 0.300 e. The van der Waals surface area contributed by atoms with Gasteiger partial charge in [0.05, 0.1) is 5.69 Å². The number of aryl methyl sites for hydroxylation is 1. The van der Waals surface area contributed by atoms with E-state index in [-0.39, 0.29) is 28.3 Å². The Hall–Kier alpha value is -2.78. The Bertz CT molecular complexity index is 1020. The minimum atomic E-state index is -3.85. The van der Waals surface area contributed by atoms with E-state index in [2.05, 4.69) is 15.5 Å². The van der Waals surface area contributed by atoms with Crippen LogP contribution in [-0.4, -0.2) is 31.1 Å². The van der Waals surface area contributed by atoms with Crippen LogP contribution < -0.4 is 9.62 Å². The predicted octanol–water partition coefficient (Wildman–Crippen LogP) is 3.32. The van der Waals surface area contributed by atoms with Gasteiger partial charge in [-0.1, -0.05) is 59.9 Å². The van der Waals surface area contributed by atoms with Crippen molar-refractivity contribution in [2.24, 2.45) is 0 Å². The Morgan fingerprint density at radius 1 is 1.04 bits per heavy atom. The van der Waals surface area contributed by atoms with Gasteiger partial charge in [0.2, 0.25) is 11.0 Å². The summed E-state index contributed by atoms with van der Waals surface area (Å²) in [5, 5.41) is 10.4. The van der Waals surface area contributed by atoms with Crippen molar-refractivity contribution < 1.29 is 13.2 Å². The van der Waals surface area contributed by atoms with Gasteiger partial charge < -0.3 is 5.32 Å². The molecule has 0 unspecified atom stereocenters. The maximum Gasteiger partial charge on any atom is 0.293 e. The fourth-order valence-electron chi connectivity index (χ4n) is 2.63. The number of anilines is 2. The van der Waals surface area contributed by atoms with Gasteiger partial charge in [-0.05, 0) is 31.0 Å². The molecule has 0 atom stereocenters. The highest BCUT2D eigenvalue weighted by Crippen LogP contribution is 2.27. The SMILES string of the molecule is CCN(c1ccccc1)S(=O)(=O)c1nnc(NC(=O)CCc2ccccc2)s1. The smallest absolute Gasteiger partial charge is 0.293 e. The number of carbonyl (C=O) groups excluding carboxylic acids is 1. The van der Waals surface area contributed by atoms with Gasteiger partial charge in [0, 0.05) is 13.0 Å². The molecular weight excluding hydrogens is 396 g/mol. The number of para-hydroxylation sites is 1. The standard InChI is InChI=1S/C19H20N4O3S2/c1-2-23(16-11-7-4-8-12-16)28(25,26)19-22-21-18(27-19)20-17(24)14-13-15-9-5-3-6-10-15/h3-12H,2,13-14H2,1H3,(H,20,21,24). The first-order valence-corrected chi connectivity index (χ1v) is 11.0. The highest BCUT2D eigenvalue weighted by molar-refractivity contribution is 7.94. The van der Waals surface area contributed by atoms with E-state index >= 15 is 0 Å². The van der Waals surface area contributed by atoms with E-state index in [0.29, 0.717) is 12.1 Å². The highest BCUT2D eigenvalue weighted by atomic mass is 32.2. The molecule has 0 aliphatic rings. The maximum atomic E-state index is 12.9. The molecule has 146 valence electrons. The van der Waals surface area contributed by atoms with Crippen molar-refractivity contribution in [1.29, 1.82) is 0 Å². The highest BCUT2D eigenvalue weighted by Gasteiger charge is 2.28. The molecule has 1 aromatic heterocycles. The average molecular weight is 417 g/mol. The summed E-state index contributed by atoms with van der Waals surface area (Å²) in [7, 11) is -3.85. The van der Waals surface area contributed by atoms with Crippen LogP contribution in [0.25, 0.3) is 0 Å². The summed E-state index contributed by atoms with van der Waals surface area (Å²) in [4.78, 5) is 12.1. The number of aromatic nitrogens is 2. The second-order valence-electron chi connectivity index (χ2n) is 5.91. The minimum Gasteiger partial charge on any atom is -0.300 e. The molecule has 0 aliphatic carbocycles. The first kappa shape index (κ1) is 20.0. The number of carbonyl (C=O) groups is 1. The third-order valence-corrected chi connectivity index (χ3v) is 7.07. The number of hydrogen-bond donors (Lipinski definition) is 1. The molecular formula is C19H20N4O3S2. The molecule has 1 amide bonds. The number of nitrogens with zero attached hydrogens (tertiary/aromatic N) is 3. The van der Waals surface area contributed by atoms with Crippen LogP contribution in [0.2, 0.25) is 0 Å². The molecule has 1 heterocycles. The number of sulfonamides is 1. The van der Waals surface area contributed by atoms with E-state index in [1.165, 1.54) is 4.31 Å². The van der Waals surface area contributed by atoms with Crippen LogP contribution in [0, 0.1) is 0 Å². The molecule has 0 saturated heterocycles. The third-order valence-electron chi connectivity index (χ3n) is 3.98.